The van der Waals surface area contributed by atoms with Crippen molar-refractivity contribution in [3.05, 3.63) is 29.3 Å². The molecule has 1 aliphatic rings. The third-order valence-corrected chi connectivity index (χ3v) is 4.40. The summed E-state index contributed by atoms with van der Waals surface area (Å²) >= 11 is 0. The largest absolute Gasteiger partial charge is 0.385 e. The first kappa shape index (κ1) is 15.8. The monoisotopic (exact) mass is 289 g/mol. The molecule has 1 amide bonds. The second-order valence-electron chi connectivity index (χ2n) is 6.01. The molecule has 1 aliphatic heterocycles. The number of amides is 1. The number of nitrogens with one attached hydrogen (secondary N) is 1. The van der Waals surface area contributed by atoms with Crippen LogP contribution in [0.3, 0.4) is 0 Å². The van der Waals surface area contributed by atoms with Gasteiger partial charge < -0.3 is 15.1 Å². The Hall–Kier alpha value is -1.55. The Morgan fingerprint density at radius 2 is 2.05 bits per heavy atom. The van der Waals surface area contributed by atoms with E-state index in [2.05, 4.69) is 24.2 Å². The molecule has 1 heterocycles. The first-order valence-electron chi connectivity index (χ1n) is 7.83. The molecule has 0 aliphatic carbocycles. The Labute approximate surface area is 128 Å². The van der Waals surface area contributed by atoms with Crippen molar-refractivity contribution in [2.45, 2.75) is 32.7 Å². The van der Waals surface area contributed by atoms with Crippen molar-refractivity contribution in [1.82, 2.24) is 9.80 Å². The Bertz CT molecular complexity index is 493. The molecule has 1 saturated heterocycles. The highest BCUT2D eigenvalue weighted by Crippen LogP contribution is 2.20. The number of hydrogen-bond acceptors (Lipinski definition) is 3. The number of likely N-dealkylation sites (tertiary alicyclic amines) is 1. The summed E-state index contributed by atoms with van der Waals surface area (Å²) in [5.74, 6) is 0.135. The Morgan fingerprint density at radius 3 is 2.62 bits per heavy atom. The highest BCUT2D eigenvalue weighted by atomic mass is 16.2. The number of piperidine rings is 1. The summed E-state index contributed by atoms with van der Waals surface area (Å²) in [4.78, 5) is 16.9. The van der Waals surface area contributed by atoms with Crippen molar-refractivity contribution < 1.29 is 4.79 Å². The molecule has 116 valence electrons. The Morgan fingerprint density at radius 1 is 1.38 bits per heavy atom. The van der Waals surface area contributed by atoms with Gasteiger partial charge in [0.25, 0.3) is 5.91 Å². The lowest BCUT2D eigenvalue weighted by Crippen LogP contribution is -2.44. The smallest absolute Gasteiger partial charge is 0.253 e. The van der Waals surface area contributed by atoms with E-state index in [9.17, 15) is 4.79 Å². The average Bonchev–Trinajstić information content (AvgIpc) is 2.49. The maximum Gasteiger partial charge on any atom is 0.253 e. The molecule has 0 aromatic heterocycles. The fraction of sp³-hybridized carbons (Fsp3) is 0.588. The minimum Gasteiger partial charge on any atom is -0.385 e. The van der Waals surface area contributed by atoms with Crippen LogP contribution in [0, 0.1) is 6.92 Å². The van der Waals surface area contributed by atoms with Crippen molar-refractivity contribution in [2.24, 2.45) is 0 Å². The van der Waals surface area contributed by atoms with Crippen LogP contribution in [0.5, 0.6) is 0 Å². The third-order valence-electron chi connectivity index (χ3n) is 4.40. The molecule has 0 radical (unpaired) electrons. The predicted octanol–water partition coefficient (Wildman–Crippen LogP) is 2.59. The zero-order chi connectivity index (χ0) is 15.4. The van der Waals surface area contributed by atoms with Crippen molar-refractivity contribution >= 4 is 11.6 Å². The van der Waals surface area contributed by atoms with Crippen LogP contribution < -0.4 is 5.32 Å². The number of carbonyl (C=O) groups is 1. The van der Waals surface area contributed by atoms with E-state index in [-0.39, 0.29) is 5.91 Å². The maximum absolute atomic E-state index is 12.6. The number of rotatable bonds is 4. The van der Waals surface area contributed by atoms with Crippen molar-refractivity contribution in [1.29, 1.82) is 0 Å². The highest BCUT2D eigenvalue weighted by molar-refractivity contribution is 5.95. The van der Waals surface area contributed by atoms with E-state index in [0.717, 1.165) is 49.3 Å². The summed E-state index contributed by atoms with van der Waals surface area (Å²) in [6, 6.07) is 6.29. The normalized spacial score (nSPS) is 16.8. The van der Waals surface area contributed by atoms with Crippen LogP contribution in [0.25, 0.3) is 0 Å². The Balaban J connectivity index is 2.07. The van der Waals surface area contributed by atoms with Crippen LogP contribution >= 0.6 is 0 Å². The van der Waals surface area contributed by atoms with Crippen LogP contribution in [-0.4, -0.2) is 55.5 Å². The summed E-state index contributed by atoms with van der Waals surface area (Å²) in [6.45, 7) is 7.15. The molecule has 0 saturated carbocycles. The molecular formula is C17H27N3O. The molecule has 4 nitrogen and oxygen atoms in total. The predicted molar refractivity (Wildman–Crippen MR) is 88.0 cm³/mol. The molecule has 1 aromatic carbocycles. The van der Waals surface area contributed by atoms with E-state index in [1.165, 1.54) is 0 Å². The molecule has 1 aromatic rings. The maximum atomic E-state index is 12.6. The molecule has 0 unspecified atom stereocenters. The van der Waals surface area contributed by atoms with Crippen LogP contribution in [0.15, 0.2) is 18.2 Å². The lowest BCUT2D eigenvalue weighted by atomic mass is 10.0. The van der Waals surface area contributed by atoms with Gasteiger partial charge in [-0.25, -0.2) is 0 Å². The minimum atomic E-state index is 0.135. The second kappa shape index (κ2) is 6.94. The lowest BCUT2D eigenvalue weighted by Gasteiger charge is -2.35. The van der Waals surface area contributed by atoms with Gasteiger partial charge in [-0.05, 0) is 70.6 Å². The standard InChI is InChI=1S/C17H27N3O/c1-5-18-16-7-6-14(12-13(16)2)17(21)20(4)15-8-10-19(3)11-9-15/h6-7,12,15,18H,5,8-11H2,1-4H3. The average molecular weight is 289 g/mol. The van der Waals surface area contributed by atoms with Gasteiger partial charge in [0.2, 0.25) is 0 Å². The molecule has 4 heteroatoms. The minimum absolute atomic E-state index is 0.135. The number of benzene rings is 1. The molecule has 21 heavy (non-hydrogen) atoms. The van der Waals surface area contributed by atoms with Crippen LogP contribution in [0.1, 0.15) is 35.7 Å². The first-order chi connectivity index (χ1) is 10.0. The van der Waals surface area contributed by atoms with Gasteiger partial charge in [-0.3, -0.25) is 4.79 Å². The number of carbonyl (C=O) groups excluding carboxylic acids is 1. The zero-order valence-electron chi connectivity index (χ0n) is 13.6. The van der Waals surface area contributed by atoms with Crippen molar-refractivity contribution in [2.75, 3.05) is 39.0 Å². The molecule has 2 rings (SSSR count). The molecule has 1 N–H and O–H groups in total. The van der Waals surface area contributed by atoms with E-state index in [0.29, 0.717) is 6.04 Å². The third kappa shape index (κ3) is 3.76. The fourth-order valence-electron chi connectivity index (χ4n) is 2.94. The second-order valence-corrected chi connectivity index (χ2v) is 6.01. The van der Waals surface area contributed by atoms with Gasteiger partial charge in [-0.15, -0.1) is 0 Å². The Kier molecular flexibility index (Phi) is 5.23. The van der Waals surface area contributed by atoms with Crippen LogP contribution in [0.4, 0.5) is 5.69 Å². The van der Waals surface area contributed by atoms with E-state index < -0.39 is 0 Å². The summed E-state index contributed by atoms with van der Waals surface area (Å²) in [5.41, 5.74) is 3.02. The van der Waals surface area contributed by atoms with Gasteiger partial charge in [-0.1, -0.05) is 0 Å². The topological polar surface area (TPSA) is 35.6 Å². The summed E-state index contributed by atoms with van der Waals surface area (Å²) in [5, 5.41) is 3.31. The lowest BCUT2D eigenvalue weighted by molar-refractivity contribution is 0.0659. The summed E-state index contributed by atoms with van der Waals surface area (Å²) in [7, 11) is 4.08. The number of aryl methyl sites for hydroxylation is 1. The van der Waals surface area contributed by atoms with Gasteiger partial charge >= 0.3 is 0 Å². The van der Waals surface area contributed by atoms with Gasteiger partial charge in [0.1, 0.15) is 0 Å². The van der Waals surface area contributed by atoms with Gasteiger partial charge in [0.05, 0.1) is 0 Å². The van der Waals surface area contributed by atoms with Gasteiger partial charge in [0.15, 0.2) is 0 Å². The van der Waals surface area contributed by atoms with Crippen LogP contribution in [-0.2, 0) is 0 Å². The number of hydrogen-bond donors (Lipinski definition) is 1. The zero-order valence-corrected chi connectivity index (χ0v) is 13.6. The van der Waals surface area contributed by atoms with E-state index in [1.54, 1.807) is 0 Å². The quantitative estimate of drug-likeness (QED) is 0.925. The number of anilines is 1. The number of nitrogens with zero attached hydrogens (tertiary/aromatic N) is 2. The van der Waals surface area contributed by atoms with E-state index >= 15 is 0 Å². The van der Waals surface area contributed by atoms with E-state index in [4.69, 9.17) is 0 Å². The SMILES string of the molecule is CCNc1ccc(C(=O)N(C)C2CCN(C)CC2)cc1C. The molecule has 0 spiro atoms. The molecular weight excluding hydrogens is 262 g/mol. The van der Waals surface area contributed by atoms with Gasteiger partial charge in [-0.2, -0.15) is 0 Å². The molecule has 1 fully saturated rings. The van der Waals surface area contributed by atoms with Crippen molar-refractivity contribution in [3.8, 4) is 0 Å². The first-order valence-corrected chi connectivity index (χ1v) is 7.83. The molecule has 0 bridgehead atoms. The van der Waals surface area contributed by atoms with Crippen LogP contribution in [0.2, 0.25) is 0 Å². The van der Waals surface area contributed by atoms with E-state index in [1.807, 2.05) is 37.1 Å². The van der Waals surface area contributed by atoms with Crippen molar-refractivity contribution in [3.63, 3.8) is 0 Å². The summed E-state index contributed by atoms with van der Waals surface area (Å²) < 4.78 is 0. The summed E-state index contributed by atoms with van der Waals surface area (Å²) in [6.07, 6.45) is 2.13. The fourth-order valence-corrected chi connectivity index (χ4v) is 2.94. The highest BCUT2D eigenvalue weighted by Gasteiger charge is 2.24. The van der Waals surface area contributed by atoms with Gasteiger partial charge in [0, 0.05) is 30.9 Å². The molecule has 0 atom stereocenters.